The number of sulfonamides is 1. The minimum Gasteiger partial charge on any atom is -0.371 e. The van der Waals surface area contributed by atoms with Crippen molar-refractivity contribution < 1.29 is 13.2 Å². The van der Waals surface area contributed by atoms with Gasteiger partial charge in [-0.1, -0.05) is 12.8 Å². The van der Waals surface area contributed by atoms with Gasteiger partial charge in [-0.15, -0.1) is 0 Å². The summed E-state index contributed by atoms with van der Waals surface area (Å²) in [5.41, 5.74) is 0.00928. The Bertz CT molecular complexity index is 306. The van der Waals surface area contributed by atoms with Gasteiger partial charge in [-0.3, -0.25) is 0 Å². The molecule has 2 fully saturated rings. The molecule has 0 aromatic heterocycles. The van der Waals surface area contributed by atoms with Gasteiger partial charge in [0.2, 0.25) is 10.0 Å². The third-order valence-electron chi connectivity index (χ3n) is 3.27. The summed E-state index contributed by atoms with van der Waals surface area (Å²) in [6.45, 7) is 0. The van der Waals surface area contributed by atoms with E-state index in [4.69, 9.17) is 9.88 Å². The van der Waals surface area contributed by atoms with Gasteiger partial charge in [-0.25, -0.2) is 13.6 Å². The smallest absolute Gasteiger partial charge is 0.211 e. The molecule has 1 saturated heterocycles. The summed E-state index contributed by atoms with van der Waals surface area (Å²) in [7, 11) is -3.38. The van der Waals surface area contributed by atoms with E-state index in [1.54, 1.807) is 0 Å². The second kappa shape index (κ2) is 3.47. The summed E-state index contributed by atoms with van der Waals surface area (Å²) in [5, 5.41) is 4.99. The summed E-state index contributed by atoms with van der Waals surface area (Å²) in [6.07, 6.45) is 6.29. The van der Waals surface area contributed by atoms with Gasteiger partial charge in [0.1, 0.15) is 0 Å². The molecule has 1 heterocycles. The summed E-state index contributed by atoms with van der Waals surface area (Å²) < 4.78 is 27.6. The first kappa shape index (κ1) is 10.4. The number of ether oxygens (including phenoxy) is 1. The van der Waals surface area contributed by atoms with Gasteiger partial charge in [0.25, 0.3) is 0 Å². The van der Waals surface area contributed by atoms with E-state index in [0.29, 0.717) is 0 Å². The molecule has 0 aromatic rings. The van der Waals surface area contributed by atoms with Crippen molar-refractivity contribution in [3.8, 4) is 0 Å². The van der Waals surface area contributed by atoms with Crippen molar-refractivity contribution in [2.24, 2.45) is 5.14 Å². The maximum atomic E-state index is 10.9. The molecule has 2 rings (SSSR count). The Morgan fingerprint density at radius 3 is 2.50 bits per heavy atom. The molecule has 1 unspecified atom stereocenters. The van der Waals surface area contributed by atoms with Crippen molar-refractivity contribution in [1.29, 1.82) is 0 Å². The summed E-state index contributed by atoms with van der Waals surface area (Å²) in [5.74, 6) is -0.0191. The van der Waals surface area contributed by atoms with Gasteiger partial charge >= 0.3 is 0 Å². The molecule has 0 radical (unpaired) electrons. The van der Waals surface area contributed by atoms with E-state index in [9.17, 15) is 8.42 Å². The number of nitrogens with two attached hydrogens (primary N) is 1. The number of rotatable bonds is 2. The lowest BCUT2D eigenvalue weighted by Gasteiger charge is -2.23. The normalized spacial score (nSPS) is 31.4. The molecule has 82 valence electrons. The van der Waals surface area contributed by atoms with E-state index in [1.165, 1.54) is 12.8 Å². The fourth-order valence-electron chi connectivity index (χ4n) is 2.66. The highest BCUT2D eigenvalue weighted by Gasteiger charge is 2.42. The van der Waals surface area contributed by atoms with Gasteiger partial charge < -0.3 is 4.74 Å². The molecule has 5 heteroatoms. The van der Waals surface area contributed by atoms with E-state index in [-0.39, 0.29) is 17.5 Å². The Kier molecular flexibility index (Phi) is 2.57. The molecule has 0 bridgehead atoms. The van der Waals surface area contributed by atoms with Crippen LogP contribution in [-0.4, -0.2) is 25.9 Å². The highest BCUT2D eigenvalue weighted by molar-refractivity contribution is 7.89. The van der Waals surface area contributed by atoms with Crippen LogP contribution in [0.3, 0.4) is 0 Å². The van der Waals surface area contributed by atoms with E-state index < -0.39 is 10.0 Å². The van der Waals surface area contributed by atoms with Gasteiger partial charge in [0.15, 0.2) is 0 Å². The molecule has 0 aromatic carbocycles. The van der Waals surface area contributed by atoms with E-state index in [1.807, 2.05) is 0 Å². The van der Waals surface area contributed by atoms with Gasteiger partial charge in [0.05, 0.1) is 17.5 Å². The predicted molar refractivity (Wildman–Crippen MR) is 53.3 cm³/mol. The molecular formula is C9H17NO3S. The van der Waals surface area contributed by atoms with Crippen molar-refractivity contribution >= 4 is 10.0 Å². The SMILES string of the molecule is NS(=O)(=O)CC1CCC2(CCCC2)O1. The van der Waals surface area contributed by atoms with Gasteiger partial charge in [-0.05, 0) is 25.7 Å². The maximum absolute atomic E-state index is 10.9. The van der Waals surface area contributed by atoms with Crippen molar-refractivity contribution in [3.63, 3.8) is 0 Å². The minimum atomic E-state index is -3.38. The van der Waals surface area contributed by atoms with Crippen LogP contribution in [0.15, 0.2) is 0 Å². The molecule has 1 spiro atoms. The standard InChI is InChI=1S/C9H17NO3S/c10-14(11,12)7-8-3-6-9(13-8)4-1-2-5-9/h8H,1-7H2,(H2,10,11,12). The van der Waals surface area contributed by atoms with Crippen LogP contribution in [0.1, 0.15) is 38.5 Å². The zero-order valence-electron chi connectivity index (χ0n) is 8.24. The number of hydrogen-bond donors (Lipinski definition) is 1. The van der Waals surface area contributed by atoms with Crippen LogP contribution >= 0.6 is 0 Å². The first-order valence-corrected chi connectivity index (χ1v) is 6.89. The molecule has 14 heavy (non-hydrogen) atoms. The van der Waals surface area contributed by atoms with Crippen LogP contribution in [0, 0.1) is 0 Å². The van der Waals surface area contributed by atoms with Crippen molar-refractivity contribution in [2.45, 2.75) is 50.2 Å². The van der Waals surface area contributed by atoms with Gasteiger partial charge in [-0.2, -0.15) is 0 Å². The third-order valence-corrected chi connectivity index (χ3v) is 4.11. The molecule has 1 aliphatic carbocycles. The molecule has 1 aliphatic heterocycles. The van der Waals surface area contributed by atoms with E-state index in [2.05, 4.69) is 0 Å². The first-order valence-electron chi connectivity index (χ1n) is 5.17. The van der Waals surface area contributed by atoms with Gasteiger partial charge in [0, 0.05) is 0 Å². The number of hydrogen-bond acceptors (Lipinski definition) is 3. The molecule has 1 saturated carbocycles. The fourth-order valence-corrected chi connectivity index (χ4v) is 3.41. The monoisotopic (exact) mass is 219 g/mol. The van der Waals surface area contributed by atoms with Crippen LogP contribution in [-0.2, 0) is 14.8 Å². The van der Waals surface area contributed by atoms with Crippen LogP contribution in [0.2, 0.25) is 0 Å². The topological polar surface area (TPSA) is 69.4 Å². The Morgan fingerprint density at radius 2 is 1.93 bits per heavy atom. The summed E-state index contributed by atoms with van der Waals surface area (Å²) >= 11 is 0. The maximum Gasteiger partial charge on any atom is 0.211 e. The van der Waals surface area contributed by atoms with E-state index >= 15 is 0 Å². The Labute approximate surface area is 84.9 Å². The van der Waals surface area contributed by atoms with Crippen LogP contribution < -0.4 is 5.14 Å². The van der Waals surface area contributed by atoms with Crippen molar-refractivity contribution in [3.05, 3.63) is 0 Å². The Balaban J connectivity index is 1.94. The third kappa shape index (κ3) is 2.27. The highest BCUT2D eigenvalue weighted by atomic mass is 32.2. The summed E-state index contributed by atoms with van der Waals surface area (Å²) in [4.78, 5) is 0. The summed E-state index contributed by atoms with van der Waals surface area (Å²) in [6, 6.07) is 0. The quantitative estimate of drug-likeness (QED) is 0.745. The van der Waals surface area contributed by atoms with Crippen LogP contribution in [0.4, 0.5) is 0 Å². The molecule has 2 N–H and O–H groups in total. The molecule has 0 amide bonds. The minimum absolute atomic E-state index is 0.00928. The first-order chi connectivity index (χ1) is 6.49. The lowest BCUT2D eigenvalue weighted by molar-refractivity contribution is -0.0272. The molecule has 2 aliphatic rings. The second-order valence-corrected chi connectivity index (χ2v) is 6.16. The fraction of sp³-hybridized carbons (Fsp3) is 1.00. The lowest BCUT2D eigenvalue weighted by atomic mass is 9.98. The van der Waals surface area contributed by atoms with Crippen molar-refractivity contribution in [2.75, 3.05) is 5.75 Å². The highest BCUT2D eigenvalue weighted by Crippen LogP contribution is 2.43. The largest absolute Gasteiger partial charge is 0.371 e. The predicted octanol–water partition coefficient (Wildman–Crippen LogP) is 0.767. The van der Waals surface area contributed by atoms with Crippen LogP contribution in [0.25, 0.3) is 0 Å². The average Bonchev–Trinajstić information content (AvgIpc) is 2.60. The molecule has 4 nitrogen and oxygen atoms in total. The van der Waals surface area contributed by atoms with E-state index in [0.717, 1.165) is 25.7 Å². The molecular weight excluding hydrogens is 202 g/mol. The molecule has 1 atom stereocenters. The lowest BCUT2D eigenvalue weighted by Crippen LogP contribution is -2.30. The second-order valence-electron chi connectivity index (χ2n) is 4.50. The average molecular weight is 219 g/mol. The van der Waals surface area contributed by atoms with Crippen LogP contribution in [0.5, 0.6) is 0 Å². The number of primary sulfonamides is 1. The zero-order valence-corrected chi connectivity index (χ0v) is 9.05. The zero-order chi connectivity index (χ0) is 10.2. The Hall–Kier alpha value is -0.130. The Morgan fingerprint density at radius 1 is 1.29 bits per heavy atom. The van der Waals surface area contributed by atoms with Crippen molar-refractivity contribution in [1.82, 2.24) is 0 Å².